The fraction of sp³-hybridized carbons (Fsp3) is 0.611. The van der Waals surface area contributed by atoms with Crippen LogP contribution in [-0.4, -0.2) is 49.6 Å². The number of aliphatic imine (C=N–C) groups is 1. The first kappa shape index (κ1) is 18.5. The van der Waals surface area contributed by atoms with E-state index in [4.69, 9.17) is 0 Å². The van der Waals surface area contributed by atoms with Crippen LogP contribution in [0.2, 0.25) is 0 Å². The van der Waals surface area contributed by atoms with E-state index >= 15 is 0 Å². The predicted octanol–water partition coefficient (Wildman–Crippen LogP) is 2.51. The van der Waals surface area contributed by atoms with Crippen LogP contribution < -0.4 is 10.6 Å². The van der Waals surface area contributed by atoms with Gasteiger partial charge in [0.05, 0.1) is 0 Å². The highest BCUT2D eigenvalue weighted by Gasteiger charge is 2.16. The molecule has 22 heavy (non-hydrogen) atoms. The van der Waals surface area contributed by atoms with Crippen molar-refractivity contribution in [1.82, 2.24) is 15.5 Å². The first-order valence-electron chi connectivity index (χ1n) is 8.35. The summed E-state index contributed by atoms with van der Waals surface area (Å²) in [5.74, 6) is 0.875. The fourth-order valence-corrected chi connectivity index (χ4v) is 2.64. The summed E-state index contributed by atoms with van der Waals surface area (Å²) in [5, 5.41) is 6.81. The molecule has 0 radical (unpaired) electrons. The average Bonchev–Trinajstić information content (AvgIpc) is 2.52. The third-order valence-corrected chi connectivity index (χ3v) is 3.80. The number of rotatable bonds is 8. The van der Waals surface area contributed by atoms with Crippen molar-refractivity contribution in [3.05, 3.63) is 35.9 Å². The molecule has 1 aromatic carbocycles. The molecule has 4 heteroatoms. The van der Waals surface area contributed by atoms with E-state index in [-0.39, 0.29) is 0 Å². The van der Waals surface area contributed by atoms with Crippen molar-refractivity contribution in [3.8, 4) is 0 Å². The molecule has 0 fully saturated rings. The van der Waals surface area contributed by atoms with Crippen LogP contribution in [0.4, 0.5) is 0 Å². The maximum atomic E-state index is 4.29. The second kappa shape index (κ2) is 10.2. The summed E-state index contributed by atoms with van der Waals surface area (Å²) < 4.78 is 0. The van der Waals surface area contributed by atoms with Gasteiger partial charge in [-0.05, 0) is 38.9 Å². The van der Waals surface area contributed by atoms with Crippen LogP contribution >= 0.6 is 0 Å². The molecule has 0 aromatic heterocycles. The Kier molecular flexibility index (Phi) is 8.60. The summed E-state index contributed by atoms with van der Waals surface area (Å²) in [6, 6.07) is 11.6. The Balaban J connectivity index is 2.70. The Morgan fingerprint density at radius 2 is 1.77 bits per heavy atom. The molecule has 0 heterocycles. The van der Waals surface area contributed by atoms with Crippen LogP contribution in [0, 0.1) is 0 Å². The van der Waals surface area contributed by atoms with Crippen molar-refractivity contribution < 1.29 is 0 Å². The van der Waals surface area contributed by atoms with Gasteiger partial charge in [0, 0.05) is 25.7 Å². The summed E-state index contributed by atoms with van der Waals surface area (Å²) >= 11 is 0. The molecule has 0 saturated heterocycles. The van der Waals surface area contributed by atoms with Gasteiger partial charge in [-0.3, -0.25) is 9.89 Å². The number of nitrogens with one attached hydrogen (secondary N) is 2. The van der Waals surface area contributed by atoms with Crippen molar-refractivity contribution in [1.29, 1.82) is 0 Å². The Bertz CT molecular complexity index is 424. The number of likely N-dealkylation sites (N-methyl/N-ethyl adjacent to an activating group) is 1. The molecule has 0 saturated carbocycles. The van der Waals surface area contributed by atoms with Crippen LogP contribution in [-0.2, 0) is 6.42 Å². The second-order valence-corrected chi connectivity index (χ2v) is 5.82. The first-order valence-corrected chi connectivity index (χ1v) is 8.35. The van der Waals surface area contributed by atoms with Gasteiger partial charge < -0.3 is 10.6 Å². The number of hydrogen-bond acceptors (Lipinski definition) is 2. The van der Waals surface area contributed by atoms with Crippen molar-refractivity contribution in [2.75, 3.05) is 26.7 Å². The van der Waals surface area contributed by atoms with Gasteiger partial charge >= 0.3 is 0 Å². The molecule has 124 valence electrons. The summed E-state index contributed by atoms with van der Waals surface area (Å²) in [4.78, 5) is 6.80. The van der Waals surface area contributed by atoms with Gasteiger partial charge in [-0.2, -0.15) is 0 Å². The summed E-state index contributed by atoms with van der Waals surface area (Å²) in [5.41, 5.74) is 1.38. The van der Waals surface area contributed by atoms with Gasteiger partial charge in [-0.25, -0.2) is 0 Å². The molecule has 4 nitrogen and oxygen atoms in total. The topological polar surface area (TPSA) is 39.7 Å². The van der Waals surface area contributed by atoms with Crippen molar-refractivity contribution in [2.45, 2.75) is 46.2 Å². The van der Waals surface area contributed by atoms with E-state index in [1.807, 2.05) is 7.05 Å². The first-order chi connectivity index (χ1) is 10.6. The number of benzene rings is 1. The highest BCUT2D eigenvalue weighted by molar-refractivity contribution is 5.79. The minimum atomic E-state index is 0.382. The van der Waals surface area contributed by atoms with Crippen molar-refractivity contribution in [3.63, 3.8) is 0 Å². The molecule has 1 rings (SSSR count). The monoisotopic (exact) mass is 304 g/mol. The lowest BCUT2D eigenvalue weighted by atomic mass is 10.0. The molecule has 0 bridgehead atoms. The van der Waals surface area contributed by atoms with Crippen LogP contribution in [0.15, 0.2) is 35.3 Å². The lowest BCUT2D eigenvalue weighted by Gasteiger charge is -2.30. The van der Waals surface area contributed by atoms with Crippen molar-refractivity contribution >= 4 is 5.96 Å². The Morgan fingerprint density at radius 3 is 2.27 bits per heavy atom. The van der Waals surface area contributed by atoms with Crippen LogP contribution in [0.3, 0.4) is 0 Å². The fourth-order valence-electron chi connectivity index (χ4n) is 2.64. The molecule has 0 spiro atoms. The predicted molar refractivity (Wildman–Crippen MR) is 96.5 cm³/mol. The summed E-state index contributed by atoms with van der Waals surface area (Å²) in [6.45, 7) is 11.7. The summed E-state index contributed by atoms with van der Waals surface area (Å²) in [7, 11) is 1.82. The van der Waals surface area contributed by atoms with E-state index in [1.54, 1.807) is 0 Å². The molecule has 0 aliphatic heterocycles. The van der Waals surface area contributed by atoms with E-state index in [9.17, 15) is 0 Å². The molecule has 2 N–H and O–H groups in total. The lowest BCUT2D eigenvalue weighted by Crippen LogP contribution is -2.49. The molecule has 1 unspecified atom stereocenters. The number of hydrogen-bond donors (Lipinski definition) is 2. The summed E-state index contributed by atoms with van der Waals surface area (Å²) in [6.07, 6.45) is 1.05. The zero-order chi connectivity index (χ0) is 16.4. The minimum Gasteiger partial charge on any atom is -0.355 e. The normalized spacial score (nSPS) is 13.5. The van der Waals surface area contributed by atoms with E-state index in [2.05, 4.69) is 78.6 Å². The highest BCUT2D eigenvalue weighted by atomic mass is 15.2. The zero-order valence-corrected chi connectivity index (χ0v) is 14.8. The Labute approximate surface area is 136 Å². The van der Waals surface area contributed by atoms with Gasteiger partial charge in [-0.1, -0.05) is 44.2 Å². The molecule has 1 aromatic rings. The standard InChI is InChI=1S/C18H32N4/c1-6-22(7-2)17(13-16-11-9-8-10-12-16)14-20-18(19-5)21-15(3)4/h8-12,15,17H,6-7,13-14H2,1-5H3,(H2,19,20,21). The average molecular weight is 304 g/mol. The molecule has 0 amide bonds. The van der Waals surface area contributed by atoms with E-state index in [0.717, 1.165) is 32.0 Å². The van der Waals surface area contributed by atoms with E-state index in [0.29, 0.717) is 12.1 Å². The van der Waals surface area contributed by atoms with Gasteiger partial charge in [0.1, 0.15) is 0 Å². The highest BCUT2D eigenvalue weighted by Crippen LogP contribution is 2.08. The number of nitrogens with zero attached hydrogens (tertiary/aromatic N) is 2. The molecular weight excluding hydrogens is 272 g/mol. The van der Waals surface area contributed by atoms with Gasteiger partial charge in [-0.15, -0.1) is 0 Å². The van der Waals surface area contributed by atoms with Crippen molar-refractivity contribution in [2.24, 2.45) is 4.99 Å². The zero-order valence-electron chi connectivity index (χ0n) is 14.8. The Hall–Kier alpha value is -1.55. The lowest BCUT2D eigenvalue weighted by molar-refractivity contribution is 0.215. The third kappa shape index (κ3) is 6.48. The largest absolute Gasteiger partial charge is 0.355 e. The van der Waals surface area contributed by atoms with Crippen LogP contribution in [0.1, 0.15) is 33.3 Å². The third-order valence-electron chi connectivity index (χ3n) is 3.80. The number of guanidine groups is 1. The maximum absolute atomic E-state index is 4.29. The van der Waals surface area contributed by atoms with Crippen LogP contribution in [0.25, 0.3) is 0 Å². The van der Waals surface area contributed by atoms with Gasteiger partial charge in [0.15, 0.2) is 5.96 Å². The SMILES string of the molecule is CCN(CC)C(CNC(=NC)NC(C)C)Cc1ccccc1. The van der Waals surface area contributed by atoms with Gasteiger partial charge in [0.2, 0.25) is 0 Å². The molecule has 0 aliphatic rings. The van der Waals surface area contributed by atoms with E-state index in [1.165, 1.54) is 5.56 Å². The molecule has 1 atom stereocenters. The molecule has 0 aliphatic carbocycles. The minimum absolute atomic E-state index is 0.382. The maximum Gasteiger partial charge on any atom is 0.191 e. The quantitative estimate of drug-likeness (QED) is 0.573. The van der Waals surface area contributed by atoms with E-state index < -0.39 is 0 Å². The second-order valence-electron chi connectivity index (χ2n) is 5.82. The van der Waals surface area contributed by atoms with Gasteiger partial charge in [0.25, 0.3) is 0 Å². The smallest absolute Gasteiger partial charge is 0.191 e. The Morgan fingerprint density at radius 1 is 1.14 bits per heavy atom. The molecular formula is C18H32N4. The van der Waals surface area contributed by atoms with Crippen LogP contribution in [0.5, 0.6) is 0 Å².